The van der Waals surface area contributed by atoms with E-state index in [4.69, 9.17) is 29.9 Å². The standard InChI is InChI=1S/C21H38O4.C20H36O2.C18H32O2.C18H30O2/c1-2-3-4-5-6-7-8-9-10-11-12-13-14-15-16-17-21(24)25-19-20(23)18-22;1-3-5-6-7-8-9-10-11-12-13-14-15-16-17-18-19-20(21)22-4-2;2*1-2-3-4-5-6-7-8-9-10-11-12-13-14-15-16-17-18(19)20/h6-7,9-10,20,22-23H,2-5,8,11-19H2,1H3;8-9,11-12H,3-7,10,13-19H2,1-2H3;6-7,9-10H,2-5,8,11-17H2,1H3,(H,19,20);3-4,6-7,9-10H,2,5,8,11-17H2,1H3,(H,19,20)/b7-6-,10-9-;9-8-,12-11-;7-6-,10-9-;4-3-,7-6-,10-9-. The van der Waals surface area contributed by atoms with Gasteiger partial charge in [0.1, 0.15) is 12.7 Å². The molecular weight excluding hydrogens is 1080 g/mol. The average molecular weight is 1220 g/mol. The van der Waals surface area contributed by atoms with Crippen LogP contribution in [0.3, 0.4) is 0 Å². The molecule has 0 aromatic carbocycles. The minimum Gasteiger partial charge on any atom is -0.481 e. The Kier molecular flexibility index (Phi) is 85.3. The summed E-state index contributed by atoms with van der Waals surface area (Å²) in [6.07, 6.45) is 89.9. The molecule has 1 atom stereocenters. The van der Waals surface area contributed by atoms with Gasteiger partial charge in [0.25, 0.3) is 0 Å². The third kappa shape index (κ3) is 95.3. The van der Waals surface area contributed by atoms with Gasteiger partial charge in [-0.05, 0) is 161 Å². The molecule has 0 saturated heterocycles. The molecule has 0 fully saturated rings. The highest BCUT2D eigenvalue weighted by atomic mass is 16.5. The van der Waals surface area contributed by atoms with E-state index in [2.05, 4.69) is 137 Å². The lowest BCUT2D eigenvalue weighted by molar-refractivity contribution is -0.147. The van der Waals surface area contributed by atoms with Crippen molar-refractivity contribution in [3.63, 3.8) is 0 Å². The van der Waals surface area contributed by atoms with Crippen LogP contribution in [0.4, 0.5) is 0 Å². The zero-order chi connectivity index (χ0) is 64.7. The predicted octanol–water partition coefficient (Wildman–Crippen LogP) is 22.6. The van der Waals surface area contributed by atoms with Gasteiger partial charge in [0.2, 0.25) is 0 Å². The maximum atomic E-state index is 11.4. The minimum absolute atomic E-state index is 0.0480. The maximum Gasteiger partial charge on any atom is 0.305 e. The van der Waals surface area contributed by atoms with Crippen LogP contribution in [0.1, 0.15) is 330 Å². The number of esters is 2. The Morgan fingerprint density at radius 1 is 0.310 bits per heavy atom. The first kappa shape index (κ1) is 88.9. The van der Waals surface area contributed by atoms with Crippen molar-refractivity contribution in [1.82, 2.24) is 0 Å². The van der Waals surface area contributed by atoms with Gasteiger partial charge < -0.3 is 29.9 Å². The van der Waals surface area contributed by atoms with Crippen molar-refractivity contribution in [2.75, 3.05) is 19.8 Å². The molecular formula is C77H136O10. The number of carbonyl (C=O) groups excluding carboxylic acids is 2. The number of allylic oxidation sites excluding steroid dienone is 18. The van der Waals surface area contributed by atoms with E-state index in [1.165, 1.54) is 148 Å². The van der Waals surface area contributed by atoms with Crippen LogP contribution >= 0.6 is 0 Å². The normalized spacial score (nSPS) is 12.1. The number of ether oxygens (including phenoxy) is 2. The van der Waals surface area contributed by atoms with Crippen LogP contribution in [0.5, 0.6) is 0 Å². The van der Waals surface area contributed by atoms with Gasteiger partial charge in [-0.1, -0.05) is 253 Å². The third-order valence-electron chi connectivity index (χ3n) is 14.0. The fourth-order valence-electron chi connectivity index (χ4n) is 8.69. The van der Waals surface area contributed by atoms with Crippen molar-refractivity contribution in [2.45, 2.75) is 336 Å². The minimum atomic E-state index is -0.964. The maximum absolute atomic E-state index is 11.4. The zero-order valence-electron chi connectivity index (χ0n) is 56.9. The van der Waals surface area contributed by atoms with E-state index in [9.17, 15) is 19.2 Å². The largest absolute Gasteiger partial charge is 0.481 e. The first-order chi connectivity index (χ1) is 42.6. The lowest BCUT2D eigenvalue weighted by Gasteiger charge is -2.08. The molecule has 0 aliphatic heterocycles. The fourth-order valence-corrected chi connectivity index (χ4v) is 8.69. The van der Waals surface area contributed by atoms with E-state index in [0.717, 1.165) is 122 Å². The molecule has 10 nitrogen and oxygen atoms in total. The van der Waals surface area contributed by atoms with Crippen molar-refractivity contribution in [1.29, 1.82) is 0 Å². The molecule has 87 heavy (non-hydrogen) atoms. The van der Waals surface area contributed by atoms with Crippen molar-refractivity contribution in [2.24, 2.45) is 0 Å². The van der Waals surface area contributed by atoms with Crippen LogP contribution in [0, 0.1) is 0 Å². The molecule has 0 aromatic rings. The summed E-state index contributed by atoms with van der Waals surface area (Å²) in [6, 6.07) is 0. The summed E-state index contributed by atoms with van der Waals surface area (Å²) in [4.78, 5) is 43.1. The average Bonchev–Trinajstić information content (AvgIpc) is 3.51. The number of rotatable bonds is 59. The smallest absolute Gasteiger partial charge is 0.305 e. The first-order valence-electron chi connectivity index (χ1n) is 35.4. The Labute approximate surface area is 535 Å². The summed E-state index contributed by atoms with van der Waals surface area (Å²) >= 11 is 0. The van der Waals surface area contributed by atoms with E-state index in [1.807, 2.05) is 6.92 Å². The number of carbonyl (C=O) groups is 4. The summed E-state index contributed by atoms with van der Waals surface area (Å²) in [7, 11) is 0. The first-order valence-corrected chi connectivity index (χ1v) is 35.4. The summed E-state index contributed by atoms with van der Waals surface area (Å²) in [6.45, 7) is 10.7. The number of aliphatic hydroxyl groups excluding tert-OH is 2. The second-order valence-corrected chi connectivity index (χ2v) is 22.7. The molecule has 0 rings (SSSR count). The van der Waals surface area contributed by atoms with Gasteiger partial charge in [-0.3, -0.25) is 19.2 Å². The van der Waals surface area contributed by atoms with E-state index in [-0.39, 0.29) is 25.2 Å². The molecule has 0 radical (unpaired) electrons. The van der Waals surface area contributed by atoms with Crippen LogP contribution in [0.15, 0.2) is 109 Å². The number of carboxylic acids is 2. The molecule has 0 amide bonds. The summed E-state index contributed by atoms with van der Waals surface area (Å²) < 4.78 is 9.76. The third-order valence-corrected chi connectivity index (χ3v) is 14.0. The molecule has 0 aliphatic rings. The summed E-state index contributed by atoms with van der Waals surface area (Å²) in [5, 5.41) is 34.7. The van der Waals surface area contributed by atoms with E-state index in [1.54, 1.807) is 0 Å². The molecule has 1 unspecified atom stereocenters. The summed E-state index contributed by atoms with van der Waals surface area (Å²) in [5.41, 5.74) is 0. The van der Waals surface area contributed by atoms with Crippen molar-refractivity contribution >= 4 is 23.9 Å². The van der Waals surface area contributed by atoms with Gasteiger partial charge in [-0.25, -0.2) is 0 Å². The topological polar surface area (TPSA) is 168 Å². The number of hydrogen-bond acceptors (Lipinski definition) is 8. The molecule has 0 heterocycles. The molecule has 0 aliphatic carbocycles. The van der Waals surface area contributed by atoms with Gasteiger partial charge in [0, 0.05) is 25.7 Å². The van der Waals surface area contributed by atoms with Crippen LogP contribution in [0.25, 0.3) is 0 Å². The molecule has 0 aromatic heterocycles. The molecule has 0 saturated carbocycles. The van der Waals surface area contributed by atoms with Crippen LogP contribution in [-0.2, 0) is 28.7 Å². The van der Waals surface area contributed by atoms with Crippen LogP contribution < -0.4 is 0 Å². The second kappa shape index (κ2) is 83.5. The fraction of sp³-hybridized carbons (Fsp3) is 0.714. The van der Waals surface area contributed by atoms with Gasteiger partial charge in [-0.2, -0.15) is 0 Å². The lowest BCUT2D eigenvalue weighted by atomic mass is 10.1. The van der Waals surface area contributed by atoms with Crippen LogP contribution in [0.2, 0.25) is 0 Å². The van der Waals surface area contributed by atoms with Crippen molar-refractivity contribution in [3.8, 4) is 0 Å². The highest BCUT2D eigenvalue weighted by molar-refractivity contribution is 5.69. The molecule has 0 bridgehead atoms. The van der Waals surface area contributed by atoms with E-state index >= 15 is 0 Å². The Bertz CT molecular complexity index is 1700. The van der Waals surface area contributed by atoms with Crippen molar-refractivity contribution < 1.29 is 49.1 Å². The highest BCUT2D eigenvalue weighted by Gasteiger charge is 2.07. The summed E-state index contributed by atoms with van der Waals surface area (Å²) in [5.74, 6) is -1.69. The van der Waals surface area contributed by atoms with Crippen molar-refractivity contribution in [3.05, 3.63) is 109 Å². The molecule has 4 N–H and O–H groups in total. The Hall–Kier alpha value is -4.54. The van der Waals surface area contributed by atoms with E-state index in [0.29, 0.717) is 32.3 Å². The van der Waals surface area contributed by atoms with Gasteiger partial charge in [0.15, 0.2) is 0 Å². The monoisotopic (exact) mass is 1220 g/mol. The Morgan fingerprint density at radius 3 is 0.816 bits per heavy atom. The van der Waals surface area contributed by atoms with Gasteiger partial charge >= 0.3 is 23.9 Å². The molecule has 0 spiro atoms. The Morgan fingerprint density at radius 2 is 0.552 bits per heavy atom. The number of unbranched alkanes of at least 4 members (excludes halogenated alkanes) is 29. The van der Waals surface area contributed by atoms with E-state index < -0.39 is 18.0 Å². The number of aliphatic hydroxyl groups is 2. The molecule has 10 heteroatoms. The zero-order valence-corrected chi connectivity index (χ0v) is 56.9. The Balaban J connectivity index is -0.000000530. The number of carboxylic acid groups (broad SMARTS) is 2. The quantitative estimate of drug-likeness (QED) is 0.0261. The SMILES string of the molecule is CC/C=C\C/C=C\C/C=C\CCCCCCCC(=O)O.CCCCC/C=C\C/C=C\CCCCCCCC(=O)O.CCCCC/C=C\C/C=C\CCCCCCCC(=O)OCC.CCCCC/C=C\C/C=C\CCCCCCCC(=O)OCC(O)CO. The number of hydrogen-bond donors (Lipinski definition) is 4. The van der Waals surface area contributed by atoms with Gasteiger partial charge in [0.05, 0.1) is 13.2 Å². The van der Waals surface area contributed by atoms with Crippen LogP contribution in [-0.4, -0.2) is 70.2 Å². The highest BCUT2D eigenvalue weighted by Crippen LogP contribution is 2.13. The molecule has 504 valence electrons. The number of aliphatic carboxylic acids is 2. The van der Waals surface area contributed by atoms with Gasteiger partial charge in [-0.15, -0.1) is 0 Å². The lowest BCUT2D eigenvalue weighted by Crippen LogP contribution is -2.21. The second-order valence-electron chi connectivity index (χ2n) is 22.7. The predicted molar refractivity (Wildman–Crippen MR) is 373 cm³/mol.